The molecule has 0 amide bonds. The first-order valence-corrected chi connectivity index (χ1v) is 6.62. The molecule has 4 atom stereocenters. The molecular formula is C14H24O2. The van der Waals surface area contributed by atoms with Gasteiger partial charge in [-0.3, -0.25) is 0 Å². The van der Waals surface area contributed by atoms with Crippen LogP contribution >= 0.6 is 0 Å². The Morgan fingerprint density at radius 1 is 1.31 bits per heavy atom. The molecule has 0 bridgehead atoms. The van der Waals surface area contributed by atoms with Crippen LogP contribution in [0.4, 0.5) is 0 Å². The summed E-state index contributed by atoms with van der Waals surface area (Å²) in [5, 5.41) is 19.5. The van der Waals surface area contributed by atoms with Crippen molar-refractivity contribution in [3.05, 3.63) is 11.6 Å². The van der Waals surface area contributed by atoms with Crippen LogP contribution in [0.25, 0.3) is 0 Å². The summed E-state index contributed by atoms with van der Waals surface area (Å²) in [7, 11) is 0. The first kappa shape index (κ1) is 12.1. The van der Waals surface area contributed by atoms with Crippen LogP contribution in [0.1, 0.15) is 39.5 Å². The Balaban J connectivity index is 2.22. The van der Waals surface area contributed by atoms with Gasteiger partial charge in [0.05, 0.1) is 12.7 Å². The number of allylic oxidation sites excluding steroid dienone is 1. The molecule has 16 heavy (non-hydrogen) atoms. The van der Waals surface area contributed by atoms with E-state index in [9.17, 15) is 10.2 Å². The van der Waals surface area contributed by atoms with Crippen LogP contribution in [0.5, 0.6) is 0 Å². The minimum atomic E-state index is -0.158. The van der Waals surface area contributed by atoms with Gasteiger partial charge in [0.25, 0.3) is 0 Å². The van der Waals surface area contributed by atoms with E-state index in [1.807, 2.05) is 0 Å². The zero-order valence-electron chi connectivity index (χ0n) is 10.4. The second-order valence-corrected chi connectivity index (χ2v) is 5.82. The molecule has 2 rings (SSSR count). The maximum Gasteiger partial charge on any atom is 0.0641 e. The van der Waals surface area contributed by atoms with E-state index in [0.717, 1.165) is 24.8 Å². The van der Waals surface area contributed by atoms with Gasteiger partial charge >= 0.3 is 0 Å². The number of fused-ring (bicyclic) bond motifs is 1. The van der Waals surface area contributed by atoms with Gasteiger partial charge in [-0.1, -0.05) is 19.9 Å². The average Bonchev–Trinajstić information content (AvgIpc) is 2.60. The van der Waals surface area contributed by atoms with Crippen LogP contribution in [-0.2, 0) is 0 Å². The van der Waals surface area contributed by atoms with Gasteiger partial charge in [0, 0.05) is 0 Å². The van der Waals surface area contributed by atoms with Gasteiger partial charge in [-0.25, -0.2) is 0 Å². The van der Waals surface area contributed by atoms with E-state index >= 15 is 0 Å². The smallest absolute Gasteiger partial charge is 0.0641 e. The first-order valence-electron chi connectivity index (χ1n) is 6.62. The van der Waals surface area contributed by atoms with E-state index in [-0.39, 0.29) is 12.7 Å². The Labute approximate surface area is 98.4 Å². The van der Waals surface area contributed by atoms with E-state index < -0.39 is 0 Å². The van der Waals surface area contributed by atoms with E-state index in [0.29, 0.717) is 23.7 Å². The van der Waals surface area contributed by atoms with Crippen LogP contribution in [0.15, 0.2) is 11.6 Å². The average molecular weight is 224 g/mol. The molecule has 1 fully saturated rings. The summed E-state index contributed by atoms with van der Waals surface area (Å²) >= 11 is 0. The fourth-order valence-corrected chi connectivity index (χ4v) is 3.60. The third-order valence-electron chi connectivity index (χ3n) is 4.57. The minimum absolute atomic E-state index is 0.158. The molecule has 0 aromatic rings. The van der Waals surface area contributed by atoms with Gasteiger partial charge in [-0.05, 0) is 54.9 Å². The van der Waals surface area contributed by atoms with Crippen LogP contribution in [0, 0.1) is 23.7 Å². The van der Waals surface area contributed by atoms with Crippen LogP contribution in [0.3, 0.4) is 0 Å². The zero-order valence-corrected chi connectivity index (χ0v) is 10.4. The molecule has 0 unspecified atom stereocenters. The predicted molar refractivity (Wildman–Crippen MR) is 65.0 cm³/mol. The molecular weight excluding hydrogens is 200 g/mol. The lowest BCUT2D eigenvalue weighted by atomic mass is 9.81. The quantitative estimate of drug-likeness (QED) is 0.707. The molecule has 2 N–H and O–H groups in total. The fraction of sp³-hybridized carbons (Fsp3) is 0.857. The van der Waals surface area contributed by atoms with Crippen molar-refractivity contribution in [3.63, 3.8) is 0 Å². The van der Waals surface area contributed by atoms with Gasteiger partial charge in [0.1, 0.15) is 0 Å². The standard InChI is InChI=1S/C14H24O2/c1-9(2)11-4-5-12-13(11)7-10(8-15)3-6-14(12)16/h7,9,11-16H,3-6,8H2,1-2H3/t11-,12+,13+,14+/m1/s1. The molecule has 0 aromatic carbocycles. The Morgan fingerprint density at radius 2 is 2.06 bits per heavy atom. The summed E-state index contributed by atoms with van der Waals surface area (Å²) in [6, 6.07) is 0. The lowest BCUT2D eigenvalue weighted by Gasteiger charge is -2.26. The van der Waals surface area contributed by atoms with Crippen molar-refractivity contribution in [1.82, 2.24) is 0 Å². The highest BCUT2D eigenvalue weighted by atomic mass is 16.3. The lowest BCUT2D eigenvalue weighted by molar-refractivity contribution is 0.0837. The van der Waals surface area contributed by atoms with E-state index in [1.54, 1.807) is 0 Å². The van der Waals surface area contributed by atoms with Crippen LogP contribution in [0.2, 0.25) is 0 Å². The summed E-state index contributed by atoms with van der Waals surface area (Å²) in [6.45, 7) is 4.72. The molecule has 0 saturated heterocycles. The molecule has 0 aliphatic heterocycles. The number of hydrogen-bond acceptors (Lipinski definition) is 2. The number of aliphatic hydroxyl groups is 2. The summed E-state index contributed by atoms with van der Waals surface area (Å²) in [5.41, 5.74) is 1.14. The maximum absolute atomic E-state index is 10.2. The fourth-order valence-electron chi connectivity index (χ4n) is 3.60. The van der Waals surface area contributed by atoms with Gasteiger partial charge < -0.3 is 10.2 Å². The second kappa shape index (κ2) is 4.89. The van der Waals surface area contributed by atoms with Crippen molar-refractivity contribution >= 4 is 0 Å². The molecule has 92 valence electrons. The molecule has 2 heteroatoms. The monoisotopic (exact) mass is 224 g/mol. The van der Waals surface area contributed by atoms with E-state index in [2.05, 4.69) is 19.9 Å². The summed E-state index contributed by atoms with van der Waals surface area (Å²) < 4.78 is 0. The Morgan fingerprint density at radius 3 is 2.69 bits per heavy atom. The summed E-state index contributed by atoms with van der Waals surface area (Å²) in [5.74, 6) is 2.31. The lowest BCUT2D eigenvalue weighted by Crippen LogP contribution is -2.25. The highest BCUT2D eigenvalue weighted by molar-refractivity contribution is 5.13. The molecule has 0 radical (unpaired) electrons. The molecule has 2 aliphatic rings. The molecule has 2 nitrogen and oxygen atoms in total. The third kappa shape index (κ3) is 2.18. The van der Waals surface area contributed by atoms with Gasteiger partial charge in [-0.15, -0.1) is 0 Å². The van der Waals surface area contributed by atoms with Gasteiger partial charge in [0.2, 0.25) is 0 Å². The molecule has 0 aromatic heterocycles. The topological polar surface area (TPSA) is 40.5 Å². The Hall–Kier alpha value is -0.340. The predicted octanol–water partition coefficient (Wildman–Crippen LogP) is 2.36. The van der Waals surface area contributed by atoms with Crippen molar-refractivity contribution in [1.29, 1.82) is 0 Å². The van der Waals surface area contributed by atoms with Crippen molar-refractivity contribution in [2.24, 2.45) is 23.7 Å². The van der Waals surface area contributed by atoms with E-state index in [1.165, 1.54) is 6.42 Å². The SMILES string of the molecule is CC(C)[C@H]1CC[C@H]2[C@H]1C=C(CO)CC[C@@H]2O. The second-order valence-electron chi connectivity index (χ2n) is 5.82. The van der Waals surface area contributed by atoms with Crippen molar-refractivity contribution in [2.75, 3.05) is 6.61 Å². The zero-order chi connectivity index (χ0) is 11.7. The summed E-state index contributed by atoms with van der Waals surface area (Å²) in [4.78, 5) is 0. The third-order valence-corrected chi connectivity index (χ3v) is 4.57. The molecule has 1 saturated carbocycles. The largest absolute Gasteiger partial charge is 0.393 e. The molecule has 0 heterocycles. The van der Waals surface area contributed by atoms with E-state index in [4.69, 9.17) is 0 Å². The Kier molecular flexibility index (Phi) is 3.70. The van der Waals surface area contributed by atoms with Crippen LogP contribution < -0.4 is 0 Å². The van der Waals surface area contributed by atoms with Crippen molar-refractivity contribution < 1.29 is 10.2 Å². The Bertz CT molecular complexity index is 270. The number of hydrogen-bond donors (Lipinski definition) is 2. The van der Waals surface area contributed by atoms with Crippen molar-refractivity contribution in [3.8, 4) is 0 Å². The highest BCUT2D eigenvalue weighted by Crippen LogP contribution is 2.46. The molecule has 2 aliphatic carbocycles. The van der Waals surface area contributed by atoms with Crippen LogP contribution in [-0.4, -0.2) is 22.9 Å². The van der Waals surface area contributed by atoms with Gasteiger partial charge in [-0.2, -0.15) is 0 Å². The summed E-state index contributed by atoms with van der Waals surface area (Å²) in [6.07, 6.45) is 6.21. The highest BCUT2D eigenvalue weighted by Gasteiger charge is 2.40. The minimum Gasteiger partial charge on any atom is -0.393 e. The molecule has 0 spiro atoms. The van der Waals surface area contributed by atoms with Gasteiger partial charge in [0.15, 0.2) is 0 Å². The normalized spacial score (nSPS) is 39.4. The first-order chi connectivity index (χ1) is 7.63. The number of aliphatic hydroxyl groups excluding tert-OH is 2. The van der Waals surface area contributed by atoms with Crippen molar-refractivity contribution in [2.45, 2.75) is 45.6 Å². The maximum atomic E-state index is 10.2. The number of rotatable bonds is 2.